The molecule has 0 spiro atoms. The lowest BCUT2D eigenvalue weighted by molar-refractivity contribution is 0.0993. The molecule has 0 heterocycles. The van der Waals surface area contributed by atoms with Gasteiger partial charge in [0.15, 0.2) is 5.78 Å². The van der Waals surface area contributed by atoms with Gasteiger partial charge in [-0.05, 0) is 19.4 Å². The van der Waals surface area contributed by atoms with Crippen LogP contribution in [0.15, 0.2) is 48.5 Å². The molecule has 1 heteroatoms. The van der Waals surface area contributed by atoms with Crippen molar-refractivity contribution in [1.82, 2.24) is 0 Å². The molecule has 0 atom stereocenters. The van der Waals surface area contributed by atoms with Gasteiger partial charge in [0.2, 0.25) is 0 Å². The van der Waals surface area contributed by atoms with Crippen molar-refractivity contribution in [2.24, 2.45) is 0 Å². The van der Waals surface area contributed by atoms with Gasteiger partial charge in [-0.15, -0.1) is 0 Å². The summed E-state index contributed by atoms with van der Waals surface area (Å²) < 4.78 is 0. The maximum atomic E-state index is 12.0. The summed E-state index contributed by atoms with van der Waals surface area (Å²) in [5, 5.41) is 0. The van der Waals surface area contributed by atoms with E-state index in [2.05, 4.69) is 0 Å². The average molecular weight is 224 g/mol. The van der Waals surface area contributed by atoms with Gasteiger partial charge in [0, 0.05) is 12.0 Å². The maximum absolute atomic E-state index is 12.0. The van der Waals surface area contributed by atoms with E-state index >= 15 is 0 Å². The maximum Gasteiger partial charge on any atom is 0.167 e. The Hall–Kier alpha value is -1.89. The summed E-state index contributed by atoms with van der Waals surface area (Å²) in [6.45, 7) is 4.07. The van der Waals surface area contributed by atoms with E-state index < -0.39 is 0 Å². The highest BCUT2D eigenvalue weighted by Crippen LogP contribution is 2.10. The lowest BCUT2D eigenvalue weighted by atomic mass is 10.0. The predicted molar refractivity (Wildman–Crippen MR) is 70.4 cm³/mol. The molecule has 0 aliphatic rings. The molecule has 0 aromatic heterocycles. The molecule has 0 bridgehead atoms. The van der Waals surface area contributed by atoms with Crippen LogP contribution >= 0.6 is 0 Å². The van der Waals surface area contributed by atoms with Gasteiger partial charge in [-0.2, -0.15) is 0 Å². The number of hydrogen-bond donors (Lipinski definition) is 0. The number of ketones is 1. The van der Waals surface area contributed by atoms with Crippen LogP contribution in [0.5, 0.6) is 0 Å². The second kappa shape index (κ2) is 4.96. The topological polar surface area (TPSA) is 17.1 Å². The molecule has 0 radical (unpaired) electrons. The molecule has 1 nitrogen and oxygen atoms in total. The van der Waals surface area contributed by atoms with Crippen LogP contribution in [0.25, 0.3) is 0 Å². The van der Waals surface area contributed by atoms with Gasteiger partial charge in [0.05, 0.1) is 0 Å². The van der Waals surface area contributed by atoms with Gasteiger partial charge < -0.3 is 0 Å². The van der Waals surface area contributed by atoms with Crippen molar-refractivity contribution in [3.8, 4) is 0 Å². The molecule has 0 saturated carbocycles. The molecule has 17 heavy (non-hydrogen) atoms. The Morgan fingerprint density at radius 2 is 1.29 bits per heavy atom. The third kappa shape index (κ3) is 3.04. The zero-order valence-corrected chi connectivity index (χ0v) is 10.2. The molecular formula is C16H16O. The average Bonchev–Trinajstić information content (AvgIpc) is 2.33. The number of Topliss-reactive ketones (excluding diaryl/α,β-unsaturated/α-hetero) is 1. The van der Waals surface area contributed by atoms with E-state index in [1.54, 1.807) is 0 Å². The van der Waals surface area contributed by atoms with Crippen LogP contribution in [-0.4, -0.2) is 5.78 Å². The molecule has 0 saturated heterocycles. The second-order valence-corrected chi connectivity index (χ2v) is 4.45. The van der Waals surface area contributed by atoms with Crippen molar-refractivity contribution in [3.63, 3.8) is 0 Å². The van der Waals surface area contributed by atoms with E-state index in [-0.39, 0.29) is 5.78 Å². The van der Waals surface area contributed by atoms with E-state index in [0.29, 0.717) is 6.42 Å². The zero-order chi connectivity index (χ0) is 12.3. The lowest BCUT2D eigenvalue weighted by Crippen LogP contribution is -2.03. The van der Waals surface area contributed by atoms with Crippen molar-refractivity contribution in [3.05, 3.63) is 70.8 Å². The van der Waals surface area contributed by atoms with E-state index in [1.807, 2.05) is 62.4 Å². The molecule has 2 rings (SSSR count). The fourth-order valence-corrected chi connectivity index (χ4v) is 1.73. The van der Waals surface area contributed by atoms with Gasteiger partial charge in [0.1, 0.15) is 0 Å². The van der Waals surface area contributed by atoms with Crippen LogP contribution in [0.2, 0.25) is 0 Å². The van der Waals surface area contributed by atoms with Gasteiger partial charge in [-0.25, -0.2) is 0 Å². The Kier molecular flexibility index (Phi) is 3.38. The summed E-state index contributed by atoms with van der Waals surface area (Å²) in [7, 11) is 0. The van der Waals surface area contributed by atoms with E-state index in [4.69, 9.17) is 0 Å². The van der Waals surface area contributed by atoms with Crippen LogP contribution in [0.4, 0.5) is 0 Å². The molecular weight excluding hydrogens is 208 g/mol. The van der Waals surface area contributed by atoms with Gasteiger partial charge >= 0.3 is 0 Å². The van der Waals surface area contributed by atoms with Gasteiger partial charge in [-0.1, -0.05) is 59.7 Å². The number of benzene rings is 2. The molecule has 0 fully saturated rings. The normalized spacial score (nSPS) is 10.2. The Labute approximate surface area is 102 Å². The third-order valence-electron chi connectivity index (χ3n) is 2.86. The monoisotopic (exact) mass is 224 g/mol. The van der Waals surface area contributed by atoms with Crippen molar-refractivity contribution in [2.75, 3.05) is 0 Å². The van der Waals surface area contributed by atoms with Crippen LogP contribution in [-0.2, 0) is 6.42 Å². The summed E-state index contributed by atoms with van der Waals surface area (Å²) in [5.74, 6) is 0.175. The fraction of sp³-hybridized carbons (Fsp3) is 0.188. The molecule has 0 N–H and O–H groups in total. The summed E-state index contributed by atoms with van der Waals surface area (Å²) in [6, 6.07) is 15.8. The zero-order valence-electron chi connectivity index (χ0n) is 10.2. The van der Waals surface area contributed by atoms with Crippen LogP contribution < -0.4 is 0 Å². The lowest BCUT2D eigenvalue weighted by Gasteiger charge is -2.02. The second-order valence-electron chi connectivity index (χ2n) is 4.45. The fourth-order valence-electron chi connectivity index (χ4n) is 1.73. The largest absolute Gasteiger partial charge is 0.294 e. The SMILES string of the molecule is Cc1ccc(CC(=O)c2ccc(C)cc2)cc1. The van der Waals surface area contributed by atoms with Gasteiger partial charge in [-0.3, -0.25) is 4.79 Å². The predicted octanol–water partition coefficient (Wildman–Crippen LogP) is 3.73. The summed E-state index contributed by atoms with van der Waals surface area (Å²) in [6.07, 6.45) is 0.476. The minimum absolute atomic E-state index is 0.175. The summed E-state index contributed by atoms with van der Waals surface area (Å²) >= 11 is 0. The number of carbonyl (C=O) groups is 1. The first-order valence-corrected chi connectivity index (χ1v) is 5.80. The number of rotatable bonds is 3. The number of hydrogen-bond acceptors (Lipinski definition) is 1. The standard InChI is InChI=1S/C16H16O/c1-12-3-7-14(8-4-12)11-16(17)15-9-5-13(2)6-10-15/h3-10H,11H2,1-2H3. The third-order valence-corrected chi connectivity index (χ3v) is 2.86. The Morgan fingerprint density at radius 3 is 1.82 bits per heavy atom. The van der Waals surface area contributed by atoms with E-state index in [9.17, 15) is 4.79 Å². The quantitative estimate of drug-likeness (QED) is 0.726. The highest BCUT2D eigenvalue weighted by Gasteiger charge is 2.06. The highest BCUT2D eigenvalue weighted by atomic mass is 16.1. The van der Waals surface area contributed by atoms with Crippen molar-refractivity contribution in [2.45, 2.75) is 20.3 Å². The van der Waals surface area contributed by atoms with Crippen LogP contribution in [0.3, 0.4) is 0 Å². The summed E-state index contributed by atoms with van der Waals surface area (Å²) in [5.41, 5.74) is 4.26. The van der Waals surface area contributed by atoms with Crippen molar-refractivity contribution in [1.29, 1.82) is 0 Å². The Bertz CT molecular complexity index is 506. The van der Waals surface area contributed by atoms with Crippen LogP contribution in [0.1, 0.15) is 27.0 Å². The summed E-state index contributed by atoms with van der Waals surface area (Å²) in [4.78, 5) is 12.0. The smallest absolute Gasteiger partial charge is 0.167 e. The molecule has 0 aliphatic heterocycles. The Morgan fingerprint density at radius 1 is 0.824 bits per heavy atom. The van der Waals surface area contributed by atoms with Gasteiger partial charge in [0.25, 0.3) is 0 Å². The number of carbonyl (C=O) groups excluding carboxylic acids is 1. The Balaban J connectivity index is 2.11. The molecule has 0 amide bonds. The molecule has 0 aliphatic carbocycles. The van der Waals surface area contributed by atoms with E-state index in [0.717, 1.165) is 11.1 Å². The minimum atomic E-state index is 0.175. The van der Waals surface area contributed by atoms with Crippen molar-refractivity contribution >= 4 is 5.78 Å². The molecule has 86 valence electrons. The number of aryl methyl sites for hydroxylation is 2. The molecule has 2 aromatic carbocycles. The van der Waals surface area contributed by atoms with E-state index in [1.165, 1.54) is 11.1 Å². The molecule has 2 aromatic rings. The van der Waals surface area contributed by atoms with Crippen molar-refractivity contribution < 1.29 is 4.79 Å². The first-order chi connectivity index (χ1) is 8.15. The molecule has 0 unspecified atom stereocenters. The highest BCUT2D eigenvalue weighted by molar-refractivity contribution is 5.97. The minimum Gasteiger partial charge on any atom is -0.294 e. The van der Waals surface area contributed by atoms with Crippen LogP contribution in [0, 0.1) is 13.8 Å². The first-order valence-electron chi connectivity index (χ1n) is 5.80. The first kappa shape index (κ1) is 11.6.